The molecule has 2 fully saturated rings. The summed E-state index contributed by atoms with van der Waals surface area (Å²) in [5.74, 6) is 0.144. The molecule has 3 aromatic rings. The Labute approximate surface area is 237 Å². The second kappa shape index (κ2) is 11.7. The fourth-order valence-electron chi connectivity index (χ4n) is 4.96. The maximum Gasteiger partial charge on any atom is 0.294 e. The van der Waals surface area contributed by atoms with Crippen LogP contribution in [0.4, 0.5) is 4.79 Å². The van der Waals surface area contributed by atoms with Gasteiger partial charge in [-0.05, 0) is 92.9 Å². The first-order valence-electron chi connectivity index (χ1n) is 13.0. The number of likely N-dealkylation sites (tertiary alicyclic amines) is 1. The van der Waals surface area contributed by atoms with Crippen LogP contribution in [0.2, 0.25) is 5.02 Å². The summed E-state index contributed by atoms with van der Waals surface area (Å²) in [4.78, 5) is 41.5. The van der Waals surface area contributed by atoms with E-state index in [1.54, 1.807) is 11.0 Å². The van der Waals surface area contributed by atoms with E-state index in [4.69, 9.17) is 16.3 Å². The van der Waals surface area contributed by atoms with Crippen LogP contribution in [-0.2, 0) is 16.2 Å². The molecule has 0 radical (unpaired) electrons. The molecule has 0 atom stereocenters. The van der Waals surface area contributed by atoms with Crippen LogP contribution in [0, 0.1) is 13.8 Å². The van der Waals surface area contributed by atoms with Gasteiger partial charge in [0.2, 0.25) is 5.91 Å². The lowest BCUT2D eigenvalue weighted by molar-refractivity contribution is -0.136. The van der Waals surface area contributed by atoms with Gasteiger partial charge in [-0.3, -0.25) is 19.3 Å². The van der Waals surface area contributed by atoms with Gasteiger partial charge in [-0.15, -0.1) is 0 Å². The van der Waals surface area contributed by atoms with Crippen LogP contribution in [0.25, 0.3) is 11.8 Å². The number of carbonyl (C=O) groups excluding carboxylic acids is 3. The average Bonchev–Trinajstić information content (AvgIpc) is 3.37. The van der Waals surface area contributed by atoms with Gasteiger partial charge in [0.1, 0.15) is 18.9 Å². The van der Waals surface area contributed by atoms with Crippen molar-refractivity contribution in [3.63, 3.8) is 0 Å². The zero-order valence-corrected chi connectivity index (χ0v) is 23.6. The Hall–Kier alpha value is -3.49. The molecule has 202 valence electrons. The van der Waals surface area contributed by atoms with E-state index in [-0.39, 0.29) is 12.5 Å². The molecule has 39 heavy (non-hydrogen) atoms. The number of nitrogens with zero attached hydrogens (tertiary/aromatic N) is 3. The number of piperidine rings is 1. The molecule has 0 aliphatic carbocycles. The summed E-state index contributed by atoms with van der Waals surface area (Å²) in [7, 11) is 0. The molecule has 7 nitrogen and oxygen atoms in total. The van der Waals surface area contributed by atoms with Crippen LogP contribution in [0.15, 0.2) is 59.5 Å². The number of halogens is 1. The van der Waals surface area contributed by atoms with Crippen molar-refractivity contribution >= 4 is 46.5 Å². The molecule has 9 heteroatoms. The summed E-state index contributed by atoms with van der Waals surface area (Å²) < 4.78 is 8.00. The lowest BCUT2D eigenvalue weighted by atomic mass is 10.1. The summed E-state index contributed by atoms with van der Waals surface area (Å²) in [6.45, 7) is 5.52. The monoisotopic (exact) mass is 563 g/mol. The van der Waals surface area contributed by atoms with Gasteiger partial charge in [0.05, 0.1) is 4.91 Å². The maximum atomic E-state index is 13.1. The lowest BCUT2D eigenvalue weighted by Gasteiger charge is -2.27. The minimum Gasteiger partial charge on any atom is -0.489 e. The van der Waals surface area contributed by atoms with Gasteiger partial charge in [-0.1, -0.05) is 29.8 Å². The van der Waals surface area contributed by atoms with Gasteiger partial charge in [0.25, 0.3) is 11.1 Å². The Morgan fingerprint density at radius 1 is 1.03 bits per heavy atom. The summed E-state index contributed by atoms with van der Waals surface area (Å²) in [5.41, 5.74) is 4.65. The minimum absolute atomic E-state index is 0.171. The number of benzene rings is 2. The highest BCUT2D eigenvalue weighted by Crippen LogP contribution is 2.34. The van der Waals surface area contributed by atoms with Crippen LogP contribution in [-0.4, -0.2) is 51.1 Å². The average molecular weight is 564 g/mol. The number of thioether (sulfide) groups is 1. The molecule has 2 aliphatic rings. The molecule has 1 aromatic heterocycles. The van der Waals surface area contributed by atoms with Crippen LogP contribution in [0.3, 0.4) is 0 Å². The number of ether oxygens (including phenoxy) is 1. The van der Waals surface area contributed by atoms with Crippen molar-refractivity contribution in [2.45, 2.75) is 39.7 Å². The summed E-state index contributed by atoms with van der Waals surface area (Å²) >= 11 is 7.11. The fraction of sp³-hybridized carbons (Fsp3) is 0.300. The minimum atomic E-state index is -0.416. The van der Waals surface area contributed by atoms with Crippen LogP contribution >= 0.6 is 23.4 Å². The Bertz CT molecular complexity index is 1440. The smallest absolute Gasteiger partial charge is 0.294 e. The van der Waals surface area contributed by atoms with Crippen molar-refractivity contribution in [1.82, 2.24) is 14.4 Å². The molecular formula is C30H30ClN3O4S. The Kier molecular flexibility index (Phi) is 8.14. The summed E-state index contributed by atoms with van der Waals surface area (Å²) in [5, 5.41) is 0.268. The molecule has 2 aliphatic heterocycles. The van der Waals surface area contributed by atoms with Gasteiger partial charge >= 0.3 is 0 Å². The third kappa shape index (κ3) is 5.92. The number of carbonyl (C=O) groups is 3. The topological polar surface area (TPSA) is 71.9 Å². The van der Waals surface area contributed by atoms with Gasteiger partial charge in [-0.25, -0.2) is 0 Å². The maximum absolute atomic E-state index is 13.1. The third-order valence-corrected chi connectivity index (χ3v) is 8.36. The summed E-state index contributed by atoms with van der Waals surface area (Å²) in [6, 6.07) is 17.4. The SMILES string of the molecule is Cc1cc(/C=C2\SC(=O)N(CC(=O)N3CCCCC3)C2=O)c(C)n1-c1ccc(OCc2ccccc2Cl)cc1. The van der Waals surface area contributed by atoms with E-state index in [0.717, 1.165) is 69.9 Å². The molecular weight excluding hydrogens is 534 g/mol. The van der Waals surface area contributed by atoms with E-state index in [1.807, 2.05) is 68.4 Å². The Morgan fingerprint density at radius 3 is 2.46 bits per heavy atom. The first-order chi connectivity index (χ1) is 18.8. The molecule has 0 bridgehead atoms. The van der Waals surface area contributed by atoms with Gasteiger partial charge in [0, 0.05) is 40.8 Å². The number of rotatable bonds is 7. The second-order valence-corrected chi connectivity index (χ2v) is 11.1. The normalized spacial score (nSPS) is 16.8. The highest BCUT2D eigenvalue weighted by molar-refractivity contribution is 8.18. The summed E-state index contributed by atoms with van der Waals surface area (Å²) in [6.07, 6.45) is 4.77. The van der Waals surface area contributed by atoms with E-state index in [0.29, 0.717) is 29.6 Å². The highest BCUT2D eigenvalue weighted by Gasteiger charge is 2.37. The van der Waals surface area contributed by atoms with Crippen LogP contribution in [0.5, 0.6) is 5.75 Å². The number of aryl methyl sites for hydroxylation is 1. The van der Waals surface area contributed by atoms with E-state index in [9.17, 15) is 14.4 Å². The quantitative estimate of drug-likeness (QED) is 0.312. The predicted molar refractivity (Wildman–Crippen MR) is 154 cm³/mol. The first kappa shape index (κ1) is 27.1. The van der Waals surface area contributed by atoms with Crippen molar-refractivity contribution < 1.29 is 19.1 Å². The van der Waals surface area contributed by atoms with E-state index in [1.165, 1.54) is 0 Å². The molecule has 2 saturated heterocycles. The molecule has 0 N–H and O–H groups in total. The van der Waals surface area contributed by atoms with Crippen LogP contribution < -0.4 is 4.74 Å². The van der Waals surface area contributed by atoms with E-state index >= 15 is 0 Å². The molecule has 3 heterocycles. The second-order valence-electron chi connectivity index (χ2n) is 9.75. The van der Waals surface area contributed by atoms with Gasteiger partial charge in [-0.2, -0.15) is 0 Å². The zero-order chi connectivity index (χ0) is 27.5. The zero-order valence-electron chi connectivity index (χ0n) is 22.0. The van der Waals surface area contributed by atoms with E-state index in [2.05, 4.69) is 4.57 Å². The van der Waals surface area contributed by atoms with Crippen molar-refractivity contribution in [2.75, 3.05) is 19.6 Å². The highest BCUT2D eigenvalue weighted by atomic mass is 35.5. The van der Waals surface area contributed by atoms with E-state index < -0.39 is 11.1 Å². The molecule has 3 amide bonds. The van der Waals surface area contributed by atoms with Crippen molar-refractivity contribution in [3.05, 3.63) is 87.0 Å². The molecule has 0 saturated carbocycles. The number of aromatic nitrogens is 1. The molecule has 0 spiro atoms. The van der Waals surface area contributed by atoms with Crippen molar-refractivity contribution in [3.8, 4) is 11.4 Å². The lowest BCUT2D eigenvalue weighted by Crippen LogP contribution is -2.44. The molecule has 2 aromatic carbocycles. The largest absolute Gasteiger partial charge is 0.489 e. The predicted octanol–water partition coefficient (Wildman–Crippen LogP) is 6.38. The van der Waals surface area contributed by atoms with Gasteiger partial charge < -0.3 is 14.2 Å². The van der Waals surface area contributed by atoms with Crippen LogP contribution in [0.1, 0.15) is 41.8 Å². The first-order valence-corrected chi connectivity index (χ1v) is 14.2. The third-order valence-electron chi connectivity index (χ3n) is 7.08. The molecule has 0 unspecified atom stereocenters. The molecule has 5 rings (SSSR count). The van der Waals surface area contributed by atoms with Gasteiger partial charge in [0.15, 0.2) is 0 Å². The number of imide groups is 1. The Morgan fingerprint density at radius 2 is 1.74 bits per heavy atom. The number of hydrogen-bond acceptors (Lipinski definition) is 5. The van der Waals surface area contributed by atoms with Crippen molar-refractivity contribution in [2.24, 2.45) is 0 Å². The Balaban J connectivity index is 1.29. The number of hydrogen-bond donors (Lipinski definition) is 0. The number of amides is 3. The fourth-order valence-corrected chi connectivity index (χ4v) is 5.97. The standard InChI is InChI=1S/C30H30ClN3O4S/c1-20-16-23(17-27-29(36)33(30(37)39-27)18-28(35)32-14-6-3-7-15-32)21(2)34(20)24-10-12-25(13-11-24)38-19-22-8-4-5-9-26(22)31/h4-5,8-13,16-17H,3,6-7,14-15,18-19H2,1-2H3/b27-17-. The van der Waals surface area contributed by atoms with Crippen molar-refractivity contribution in [1.29, 1.82) is 0 Å².